The smallest absolute Gasteiger partial charge is 0.123 e. The van der Waals surface area contributed by atoms with Crippen LogP contribution in [0, 0.1) is 13.8 Å². The molecule has 1 atom stereocenters. The molecule has 1 aliphatic heterocycles. The van der Waals surface area contributed by atoms with Crippen LogP contribution in [-0.4, -0.2) is 5.60 Å². The van der Waals surface area contributed by atoms with Gasteiger partial charge in [-0.05, 0) is 56.5 Å². The third-order valence-corrected chi connectivity index (χ3v) is 5.65. The van der Waals surface area contributed by atoms with Crippen molar-refractivity contribution in [2.75, 3.05) is 0 Å². The fourth-order valence-corrected chi connectivity index (χ4v) is 4.06. The predicted molar refractivity (Wildman–Crippen MR) is 86.3 cm³/mol. The summed E-state index contributed by atoms with van der Waals surface area (Å²) < 4.78 is 5.92. The second-order valence-corrected chi connectivity index (χ2v) is 7.88. The van der Waals surface area contributed by atoms with Gasteiger partial charge in [0.2, 0.25) is 0 Å². The van der Waals surface area contributed by atoms with Crippen molar-refractivity contribution in [1.82, 2.24) is 0 Å². The minimum atomic E-state index is -0.0983. The summed E-state index contributed by atoms with van der Waals surface area (Å²) >= 11 is 8.45. The van der Waals surface area contributed by atoms with Crippen molar-refractivity contribution in [3.63, 3.8) is 0 Å². The summed E-state index contributed by atoms with van der Waals surface area (Å²) in [5, 5.41) is -0.0681. The first-order valence-electron chi connectivity index (χ1n) is 6.88. The Morgan fingerprint density at radius 1 is 1.25 bits per heavy atom. The molecule has 2 aromatic rings. The van der Waals surface area contributed by atoms with E-state index in [1.165, 1.54) is 20.9 Å². The Bertz CT molecular complexity index is 638. The van der Waals surface area contributed by atoms with Crippen LogP contribution in [0.25, 0.3) is 0 Å². The second kappa shape index (κ2) is 4.78. The molecule has 20 heavy (non-hydrogen) atoms. The number of rotatable bonds is 2. The summed E-state index contributed by atoms with van der Waals surface area (Å²) in [6, 6.07) is 8.54. The Morgan fingerprint density at radius 3 is 2.65 bits per heavy atom. The van der Waals surface area contributed by atoms with Crippen LogP contribution in [0.5, 0.6) is 5.75 Å². The summed E-state index contributed by atoms with van der Waals surface area (Å²) in [6.07, 6.45) is 0.947. The normalized spacial score (nSPS) is 17.6. The topological polar surface area (TPSA) is 9.23 Å². The molecule has 1 unspecified atom stereocenters. The molecule has 0 radical (unpaired) electrons. The van der Waals surface area contributed by atoms with Crippen LogP contribution >= 0.6 is 22.9 Å². The molecular weight excluding hydrogens is 288 g/mol. The van der Waals surface area contributed by atoms with E-state index in [9.17, 15) is 0 Å². The number of ether oxygens (including phenoxy) is 1. The summed E-state index contributed by atoms with van der Waals surface area (Å²) in [6.45, 7) is 8.53. The van der Waals surface area contributed by atoms with Crippen LogP contribution in [0.3, 0.4) is 0 Å². The van der Waals surface area contributed by atoms with Crippen molar-refractivity contribution >= 4 is 22.9 Å². The first-order chi connectivity index (χ1) is 9.35. The Hall–Kier alpha value is -0.990. The van der Waals surface area contributed by atoms with Gasteiger partial charge in [-0.15, -0.1) is 22.9 Å². The lowest BCUT2D eigenvalue weighted by Gasteiger charge is -2.16. The highest BCUT2D eigenvalue weighted by molar-refractivity contribution is 7.12. The third kappa shape index (κ3) is 2.47. The van der Waals surface area contributed by atoms with Crippen LogP contribution in [0.15, 0.2) is 24.3 Å². The number of hydrogen-bond donors (Lipinski definition) is 0. The first kappa shape index (κ1) is 14.0. The number of alkyl halides is 1. The molecule has 3 heteroatoms. The van der Waals surface area contributed by atoms with Crippen molar-refractivity contribution in [1.29, 1.82) is 0 Å². The average Bonchev–Trinajstić information content (AvgIpc) is 2.86. The molecule has 1 aromatic heterocycles. The largest absolute Gasteiger partial charge is 0.487 e. The Kier molecular flexibility index (Phi) is 3.34. The highest BCUT2D eigenvalue weighted by Gasteiger charge is 2.30. The molecule has 0 amide bonds. The molecule has 1 aromatic carbocycles. The van der Waals surface area contributed by atoms with Gasteiger partial charge in [0, 0.05) is 16.2 Å². The summed E-state index contributed by atoms with van der Waals surface area (Å²) in [5.74, 6) is 1.00. The van der Waals surface area contributed by atoms with Gasteiger partial charge in [-0.3, -0.25) is 0 Å². The molecule has 0 N–H and O–H groups in total. The van der Waals surface area contributed by atoms with Gasteiger partial charge in [0.1, 0.15) is 11.4 Å². The molecule has 0 spiro atoms. The SMILES string of the molecule is Cc1cc(C(Cl)c2ccc3c(c2)CC(C)(C)O3)sc1C. The molecule has 0 fully saturated rings. The van der Waals surface area contributed by atoms with E-state index in [1.54, 1.807) is 11.3 Å². The molecule has 1 nitrogen and oxygen atoms in total. The summed E-state index contributed by atoms with van der Waals surface area (Å²) in [5.41, 5.74) is 3.65. The molecule has 0 bridgehead atoms. The monoisotopic (exact) mass is 306 g/mol. The van der Waals surface area contributed by atoms with E-state index in [2.05, 4.69) is 52.0 Å². The highest BCUT2D eigenvalue weighted by atomic mass is 35.5. The van der Waals surface area contributed by atoms with Gasteiger partial charge in [0.25, 0.3) is 0 Å². The van der Waals surface area contributed by atoms with E-state index in [0.29, 0.717) is 0 Å². The van der Waals surface area contributed by atoms with E-state index in [0.717, 1.165) is 17.7 Å². The van der Waals surface area contributed by atoms with Crippen LogP contribution in [-0.2, 0) is 6.42 Å². The quantitative estimate of drug-likeness (QED) is 0.674. The minimum Gasteiger partial charge on any atom is -0.487 e. The molecule has 1 aliphatic rings. The molecule has 0 aliphatic carbocycles. The van der Waals surface area contributed by atoms with Gasteiger partial charge in [-0.25, -0.2) is 0 Å². The molecule has 106 valence electrons. The summed E-state index contributed by atoms with van der Waals surface area (Å²) in [7, 11) is 0. The maximum atomic E-state index is 6.66. The summed E-state index contributed by atoms with van der Waals surface area (Å²) in [4.78, 5) is 2.57. The van der Waals surface area contributed by atoms with Gasteiger partial charge in [0.15, 0.2) is 0 Å². The number of hydrogen-bond acceptors (Lipinski definition) is 2. The van der Waals surface area contributed by atoms with Crippen LogP contribution in [0.1, 0.15) is 45.7 Å². The van der Waals surface area contributed by atoms with E-state index in [4.69, 9.17) is 16.3 Å². The van der Waals surface area contributed by atoms with Gasteiger partial charge in [0.05, 0.1) is 5.38 Å². The number of aryl methyl sites for hydroxylation is 2. The number of halogens is 1. The van der Waals surface area contributed by atoms with Gasteiger partial charge < -0.3 is 4.74 Å². The third-order valence-electron chi connectivity index (χ3n) is 3.81. The van der Waals surface area contributed by atoms with Gasteiger partial charge >= 0.3 is 0 Å². The van der Waals surface area contributed by atoms with E-state index in [1.807, 2.05) is 0 Å². The van der Waals surface area contributed by atoms with Gasteiger partial charge in [-0.2, -0.15) is 0 Å². The predicted octanol–water partition coefficient (Wildman–Crippen LogP) is 5.41. The van der Waals surface area contributed by atoms with E-state index < -0.39 is 0 Å². The van der Waals surface area contributed by atoms with Crippen molar-refractivity contribution < 1.29 is 4.74 Å². The van der Waals surface area contributed by atoms with Crippen LogP contribution in [0.4, 0.5) is 0 Å². The zero-order chi connectivity index (χ0) is 14.5. The Morgan fingerprint density at radius 2 is 2.00 bits per heavy atom. The molecule has 3 rings (SSSR count). The number of fused-ring (bicyclic) bond motifs is 1. The zero-order valence-electron chi connectivity index (χ0n) is 12.3. The molecule has 0 saturated carbocycles. The van der Waals surface area contributed by atoms with Crippen molar-refractivity contribution in [2.24, 2.45) is 0 Å². The van der Waals surface area contributed by atoms with E-state index in [-0.39, 0.29) is 11.0 Å². The lowest BCUT2D eigenvalue weighted by Crippen LogP contribution is -2.24. The lowest BCUT2D eigenvalue weighted by molar-refractivity contribution is 0.138. The average molecular weight is 307 g/mol. The Labute approximate surface area is 129 Å². The highest BCUT2D eigenvalue weighted by Crippen LogP contribution is 2.40. The zero-order valence-corrected chi connectivity index (χ0v) is 13.9. The molecule has 0 saturated heterocycles. The standard InChI is InChI=1S/C17H19ClOS/c1-10-7-15(20-11(10)2)16(18)12-5-6-14-13(8-12)9-17(3,4)19-14/h5-8,16H,9H2,1-4H3. The van der Waals surface area contributed by atoms with Crippen molar-refractivity contribution in [3.8, 4) is 5.75 Å². The first-order valence-corrected chi connectivity index (χ1v) is 8.14. The minimum absolute atomic E-state index is 0.0681. The van der Waals surface area contributed by atoms with Crippen molar-refractivity contribution in [3.05, 3.63) is 50.7 Å². The molecule has 2 heterocycles. The fourth-order valence-electron chi connectivity index (χ4n) is 2.68. The Balaban J connectivity index is 1.92. The molecular formula is C17H19ClOS. The fraction of sp³-hybridized carbons (Fsp3) is 0.412. The van der Waals surface area contributed by atoms with Crippen molar-refractivity contribution in [2.45, 2.75) is 45.1 Å². The van der Waals surface area contributed by atoms with E-state index >= 15 is 0 Å². The maximum absolute atomic E-state index is 6.66. The maximum Gasteiger partial charge on any atom is 0.123 e. The number of thiophene rings is 1. The number of benzene rings is 1. The lowest BCUT2D eigenvalue weighted by atomic mass is 9.99. The van der Waals surface area contributed by atoms with Crippen LogP contribution < -0.4 is 4.74 Å². The van der Waals surface area contributed by atoms with Crippen LogP contribution in [0.2, 0.25) is 0 Å². The van der Waals surface area contributed by atoms with Gasteiger partial charge in [-0.1, -0.05) is 12.1 Å². The second-order valence-electron chi connectivity index (χ2n) is 6.16.